The van der Waals surface area contributed by atoms with Gasteiger partial charge in [0.2, 0.25) is 0 Å². The molecule has 3 aromatic rings. The summed E-state index contributed by atoms with van der Waals surface area (Å²) in [5.74, 6) is 0. The van der Waals surface area contributed by atoms with Gasteiger partial charge in [-0.1, -0.05) is 30.3 Å². The van der Waals surface area contributed by atoms with E-state index >= 15 is 0 Å². The van der Waals surface area contributed by atoms with Gasteiger partial charge in [0.25, 0.3) is 5.56 Å². The number of aromatic nitrogens is 3. The van der Waals surface area contributed by atoms with Crippen molar-refractivity contribution in [2.24, 2.45) is 0 Å². The van der Waals surface area contributed by atoms with Gasteiger partial charge in [0, 0.05) is 14.1 Å². The summed E-state index contributed by atoms with van der Waals surface area (Å²) in [4.78, 5) is 28.4. The minimum absolute atomic E-state index is 0.379. The fraction of sp³-hybridized carbons (Fsp3) is 0.214. The van der Waals surface area contributed by atoms with E-state index in [4.69, 9.17) is 0 Å². The molecule has 0 aliphatic rings. The van der Waals surface area contributed by atoms with Gasteiger partial charge in [-0.25, -0.2) is 4.79 Å². The third-order valence-electron chi connectivity index (χ3n) is 3.19. The highest BCUT2D eigenvalue weighted by Gasteiger charge is 2.16. The van der Waals surface area contributed by atoms with Crippen LogP contribution in [0.15, 0.2) is 39.9 Å². The second-order valence-corrected chi connectivity index (χ2v) is 5.66. The standard InChI is InChI=1S/C14H14N4O2S/c1-17(2)13-10-11(16-21-13)18(14(20)15-12(10)19)8-9-6-4-3-5-7-9/h3-7H,8H2,1-2H3,(H,15,19,20). The molecule has 0 unspecified atom stereocenters. The summed E-state index contributed by atoms with van der Waals surface area (Å²) in [6.45, 7) is 0.379. The molecule has 0 radical (unpaired) electrons. The van der Waals surface area contributed by atoms with Crippen molar-refractivity contribution in [3.05, 3.63) is 56.7 Å². The van der Waals surface area contributed by atoms with Crippen LogP contribution in [0.1, 0.15) is 5.56 Å². The van der Waals surface area contributed by atoms with Crippen molar-refractivity contribution in [2.75, 3.05) is 19.0 Å². The van der Waals surface area contributed by atoms with E-state index in [0.29, 0.717) is 17.6 Å². The van der Waals surface area contributed by atoms with Crippen molar-refractivity contribution >= 4 is 27.6 Å². The van der Waals surface area contributed by atoms with Gasteiger partial charge in [0.1, 0.15) is 10.4 Å². The van der Waals surface area contributed by atoms with Gasteiger partial charge in [-0.3, -0.25) is 14.3 Å². The number of aromatic amines is 1. The number of nitrogens with one attached hydrogen (secondary N) is 1. The lowest BCUT2D eigenvalue weighted by atomic mass is 10.2. The Balaban J connectivity index is 2.24. The van der Waals surface area contributed by atoms with E-state index in [0.717, 1.165) is 10.6 Å². The average Bonchev–Trinajstić information content (AvgIpc) is 2.90. The van der Waals surface area contributed by atoms with Crippen LogP contribution in [0.5, 0.6) is 0 Å². The Bertz CT molecular complexity index is 893. The van der Waals surface area contributed by atoms with Crippen LogP contribution in [-0.2, 0) is 6.54 Å². The number of H-pyrrole nitrogens is 1. The molecule has 3 rings (SSSR count). The van der Waals surface area contributed by atoms with Gasteiger partial charge in [-0.2, -0.15) is 4.37 Å². The summed E-state index contributed by atoms with van der Waals surface area (Å²) in [5.41, 5.74) is 0.581. The van der Waals surface area contributed by atoms with Crippen LogP contribution in [0.2, 0.25) is 0 Å². The zero-order valence-corrected chi connectivity index (χ0v) is 12.5. The van der Waals surface area contributed by atoms with Crippen molar-refractivity contribution in [1.82, 2.24) is 13.9 Å². The highest BCUT2D eigenvalue weighted by Crippen LogP contribution is 2.26. The maximum atomic E-state index is 12.1. The van der Waals surface area contributed by atoms with Crippen LogP contribution in [-0.4, -0.2) is 28.0 Å². The molecule has 0 bridgehead atoms. The van der Waals surface area contributed by atoms with E-state index < -0.39 is 11.2 Å². The predicted octanol–water partition coefficient (Wildman–Crippen LogP) is 1.26. The van der Waals surface area contributed by atoms with Crippen molar-refractivity contribution < 1.29 is 0 Å². The monoisotopic (exact) mass is 302 g/mol. The number of hydrogen-bond donors (Lipinski definition) is 1. The normalized spacial score (nSPS) is 11.0. The Morgan fingerprint density at radius 2 is 1.95 bits per heavy atom. The first kappa shape index (κ1) is 13.6. The number of nitrogens with zero attached hydrogens (tertiary/aromatic N) is 3. The smallest absolute Gasteiger partial charge is 0.330 e. The van der Waals surface area contributed by atoms with E-state index in [1.165, 1.54) is 16.1 Å². The molecule has 1 N–H and O–H groups in total. The van der Waals surface area contributed by atoms with Gasteiger partial charge < -0.3 is 4.90 Å². The topological polar surface area (TPSA) is 71.0 Å². The van der Waals surface area contributed by atoms with Gasteiger partial charge in [0.05, 0.1) is 6.54 Å². The Labute approximate surface area is 124 Å². The fourth-order valence-corrected chi connectivity index (χ4v) is 3.00. The zero-order chi connectivity index (χ0) is 15.0. The summed E-state index contributed by atoms with van der Waals surface area (Å²) in [7, 11) is 3.69. The van der Waals surface area contributed by atoms with E-state index in [2.05, 4.69) is 9.36 Å². The summed E-state index contributed by atoms with van der Waals surface area (Å²) in [6.07, 6.45) is 0. The van der Waals surface area contributed by atoms with Crippen LogP contribution < -0.4 is 16.1 Å². The largest absolute Gasteiger partial charge is 0.368 e. The summed E-state index contributed by atoms with van der Waals surface area (Å²) >= 11 is 1.21. The molecule has 0 saturated heterocycles. The first-order valence-corrected chi connectivity index (χ1v) is 7.19. The molecular formula is C14H14N4O2S. The minimum atomic E-state index is -0.438. The number of benzene rings is 1. The van der Waals surface area contributed by atoms with Crippen LogP contribution in [0, 0.1) is 0 Å². The molecule has 108 valence electrons. The number of hydrogen-bond acceptors (Lipinski definition) is 5. The lowest BCUT2D eigenvalue weighted by Crippen LogP contribution is -2.31. The Hall–Kier alpha value is -2.41. The van der Waals surface area contributed by atoms with E-state index in [9.17, 15) is 9.59 Å². The number of fused-ring (bicyclic) bond motifs is 1. The molecular weight excluding hydrogens is 288 g/mol. The SMILES string of the molecule is CN(C)c1snc2c1c(=O)[nH]c(=O)n2Cc1ccccc1. The van der Waals surface area contributed by atoms with Crippen molar-refractivity contribution in [3.63, 3.8) is 0 Å². The Morgan fingerprint density at radius 1 is 1.24 bits per heavy atom. The second-order valence-electron chi connectivity index (χ2n) is 4.91. The summed E-state index contributed by atoms with van der Waals surface area (Å²) in [6, 6.07) is 9.61. The fourth-order valence-electron chi connectivity index (χ4n) is 2.20. The first-order chi connectivity index (χ1) is 10.1. The third-order valence-corrected chi connectivity index (χ3v) is 4.20. The van der Waals surface area contributed by atoms with Crippen molar-refractivity contribution in [2.45, 2.75) is 6.54 Å². The zero-order valence-electron chi connectivity index (χ0n) is 11.7. The average molecular weight is 302 g/mol. The maximum Gasteiger partial charge on any atom is 0.330 e. The minimum Gasteiger partial charge on any atom is -0.368 e. The highest BCUT2D eigenvalue weighted by molar-refractivity contribution is 7.11. The van der Waals surface area contributed by atoms with Crippen LogP contribution in [0.4, 0.5) is 5.00 Å². The molecule has 7 heteroatoms. The van der Waals surface area contributed by atoms with E-state index in [-0.39, 0.29) is 0 Å². The maximum absolute atomic E-state index is 12.1. The summed E-state index contributed by atoms with van der Waals surface area (Å²) < 4.78 is 5.80. The molecule has 6 nitrogen and oxygen atoms in total. The van der Waals surface area contributed by atoms with Crippen LogP contribution in [0.25, 0.3) is 11.0 Å². The van der Waals surface area contributed by atoms with Crippen LogP contribution >= 0.6 is 11.5 Å². The first-order valence-electron chi connectivity index (χ1n) is 6.41. The number of rotatable bonds is 3. The lowest BCUT2D eigenvalue weighted by molar-refractivity contribution is 0.750. The van der Waals surface area contributed by atoms with Crippen molar-refractivity contribution in [1.29, 1.82) is 0 Å². The molecule has 0 aliphatic carbocycles. The molecule has 2 heterocycles. The van der Waals surface area contributed by atoms with Gasteiger partial charge in [0.15, 0.2) is 5.65 Å². The Morgan fingerprint density at radius 3 is 2.62 bits per heavy atom. The molecule has 0 atom stereocenters. The third kappa shape index (κ3) is 2.36. The highest BCUT2D eigenvalue weighted by atomic mass is 32.1. The summed E-state index contributed by atoms with van der Waals surface area (Å²) in [5, 5.41) is 1.20. The second kappa shape index (κ2) is 5.17. The van der Waals surface area contributed by atoms with Gasteiger partial charge in [-0.05, 0) is 17.1 Å². The Kier molecular flexibility index (Phi) is 3.34. The molecule has 2 aromatic heterocycles. The molecule has 0 aliphatic heterocycles. The van der Waals surface area contributed by atoms with Gasteiger partial charge >= 0.3 is 5.69 Å². The molecule has 0 saturated carbocycles. The molecule has 0 fully saturated rings. The van der Waals surface area contributed by atoms with Crippen LogP contribution in [0.3, 0.4) is 0 Å². The molecule has 1 aromatic carbocycles. The van der Waals surface area contributed by atoms with Crippen molar-refractivity contribution in [3.8, 4) is 0 Å². The predicted molar refractivity (Wildman–Crippen MR) is 84.4 cm³/mol. The van der Waals surface area contributed by atoms with E-state index in [1.807, 2.05) is 49.3 Å². The lowest BCUT2D eigenvalue weighted by Gasteiger charge is -2.09. The molecule has 0 amide bonds. The molecule has 21 heavy (non-hydrogen) atoms. The van der Waals surface area contributed by atoms with Gasteiger partial charge in [-0.15, -0.1) is 0 Å². The van der Waals surface area contributed by atoms with E-state index in [1.54, 1.807) is 0 Å². The molecule has 0 spiro atoms. The number of anilines is 1. The quantitative estimate of drug-likeness (QED) is 0.790.